The molecule has 0 spiro atoms. The van der Waals surface area contributed by atoms with Crippen molar-refractivity contribution in [3.63, 3.8) is 0 Å². The fourth-order valence-corrected chi connectivity index (χ4v) is 3.09. The van der Waals surface area contributed by atoms with E-state index in [-0.39, 0.29) is 25.7 Å². The molecule has 2 N–H and O–H groups in total. The standard InChI is InChI=1S/C9H15F3N2O3S/c1-6(15)13-18(16,17)14-8-4-2-7(3-5-8)9(10,11)12/h7-8,14H,2-5H2,1H3,(H,13,15). The Morgan fingerprint density at radius 2 is 1.67 bits per heavy atom. The van der Waals surface area contributed by atoms with Gasteiger partial charge in [-0.2, -0.15) is 26.3 Å². The topological polar surface area (TPSA) is 75.3 Å². The minimum Gasteiger partial charge on any atom is -0.274 e. The van der Waals surface area contributed by atoms with Gasteiger partial charge < -0.3 is 0 Å². The SMILES string of the molecule is CC(=O)NS(=O)(=O)NC1CCC(C(F)(F)F)CC1. The van der Waals surface area contributed by atoms with Gasteiger partial charge in [0.05, 0.1) is 5.92 Å². The molecule has 0 saturated heterocycles. The summed E-state index contributed by atoms with van der Waals surface area (Å²) < 4.78 is 63.7. The van der Waals surface area contributed by atoms with E-state index in [0.717, 1.165) is 6.92 Å². The minimum atomic E-state index is -4.22. The largest absolute Gasteiger partial charge is 0.391 e. The van der Waals surface area contributed by atoms with Crippen molar-refractivity contribution < 1.29 is 26.4 Å². The first kappa shape index (κ1) is 15.2. The highest BCUT2D eigenvalue weighted by molar-refractivity contribution is 7.88. The molecule has 0 heterocycles. The number of carbonyl (C=O) groups excluding carboxylic acids is 1. The molecular formula is C9H15F3N2O3S. The first-order chi connectivity index (χ1) is 8.10. The maximum atomic E-state index is 12.4. The Hall–Kier alpha value is -0.830. The predicted octanol–water partition coefficient (Wildman–Crippen LogP) is 1.08. The first-order valence-corrected chi connectivity index (χ1v) is 6.96. The van der Waals surface area contributed by atoms with Crippen LogP contribution < -0.4 is 9.44 Å². The summed E-state index contributed by atoms with van der Waals surface area (Å²) in [4.78, 5) is 10.6. The summed E-state index contributed by atoms with van der Waals surface area (Å²) in [6.07, 6.45) is -4.19. The highest BCUT2D eigenvalue weighted by Crippen LogP contribution is 2.37. The number of nitrogens with one attached hydrogen (secondary N) is 2. The number of hydrogen-bond donors (Lipinski definition) is 2. The van der Waals surface area contributed by atoms with Crippen LogP contribution in [0.4, 0.5) is 13.2 Å². The lowest BCUT2D eigenvalue weighted by atomic mass is 9.86. The number of carbonyl (C=O) groups is 1. The maximum Gasteiger partial charge on any atom is 0.391 e. The van der Waals surface area contributed by atoms with Gasteiger partial charge in [0.1, 0.15) is 0 Å². The maximum absolute atomic E-state index is 12.4. The van der Waals surface area contributed by atoms with Gasteiger partial charge in [0.2, 0.25) is 5.91 Å². The Bertz CT molecular complexity index is 400. The van der Waals surface area contributed by atoms with Gasteiger partial charge in [-0.05, 0) is 25.7 Å². The summed E-state index contributed by atoms with van der Waals surface area (Å²) in [5.41, 5.74) is 0. The molecule has 1 saturated carbocycles. The molecule has 0 aromatic carbocycles. The molecule has 0 bridgehead atoms. The molecule has 9 heteroatoms. The zero-order chi connectivity index (χ0) is 14.0. The lowest BCUT2D eigenvalue weighted by Crippen LogP contribution is -2.46. The number of rotatable bonds is 3. The Balaban J connectivity index is 2.47. The normalized spacial score (nSPS) is 25.8. The van der Waals surface area contributed by atoms with Crippen molar-refractivity contribution in [2.45, 2.75) is 44.8 Å². The van der Waals surface area contributed by atoms with E-state index in [1.807, 2.05) is 0 Å². The quantitative estimate of drug-likeness (QED) is 0.816. The molecule has 1 aliphatic rings. The van der Waals surface area contributed by atoms with E-state index in [1.165, 1.54) is 0 Å². The summed E-state index contributed by atoms with van der Waals surface area (Å²) in [6.45, 7) is 1.04. The minimum absolute atomic E-state index is 0.100. The van der Waals surface area contributed by atoms with Crippen LogP contribution in [0.2, 0.25) is 0 Å². The Kier molecular flexibility index (Phi) is 4.60. The molecule has 0 unspecified atom stereocenters. The average Bonchev–Trinajstić information content (AvgIpc) is 2.13. The van der Waals surface area contributed by atoms with Gasteiger partial charge in [-0.1, -0.05) is 0 Å². The number of amides is 1. The molecule has 0 aromatic rings. The van der Waals surface area contributed by atoms with E-state index in [1.54, 1.807) is 4.72 Å². The van der Waals surface area contributed by atoms with Crippen LogP contribution in [0.15, 0.2) is 0 Å². The number of alkyl halides is 3. The summed E-state index contributed by atoms with van der Waals surface area (Å²) in [5.74, 6) is -2.11. The summed E-state index contributed by atoms with van der Waals surface area (Å²) >= 11 is 0. The molecule has 1 fully saturated rings. The van der Waals surface area contributed by atoms with E-state index in [9.17, 15) is 26.4 Å². The van der Waals surface area contributed by atoms with E-state index >= 15 is 0 Å². The molecule has 1 rings (SSSR count). The van der Waals surface area contributed by atoms with Crippen molar-refractivity contribution in [1.29, 1.82) is 0 Å². The van der Waals surface area contributed by atoms with Gasteiger partial charge in [0.15, 0.2) is 0 Å². The van der Waals surface area contributed by atoms with Crippen LogP contribution in [0.1, 0.15) is 32.6 Å². The van der Waals surface area contributed by atoms with Crippen molar-refractivity contribution in [3.05, 3.63) is 0 Å². The smallest absolute Gasteiger partial charge is 0.274 e. The molecule has 0 aromatic heterocycles. The zero-order valence-corrected chi connectivity index (χ0v) is 10.6. The molecule has 1 aliphatic carbocycles. The monoisotopic (exact) mass is 288 g/mol. The van der Waals surface area contributed by atoms with Crippen molar-refractivity contribution in [2.24, 2.45) is 5.92 Å². The molecule has 0 radical (unpaired) electrons. The van der Waals surface area contributed by atoms with Gasteiger partial charge in [-0.3, -0.25) is 4.79 Å². The molecule has 18 heavy (non-hydrogen) atoms. The van der Waals surface area contributed by atoms with E-state index in [0.29, 0.717) is 0 Å². The summed E-state index contributed by atoms with van der Waals surface area (Å²) in [6, 6.07) is -0.555. The molecule has 1 amide bonds. The Labute approximate surface area is 103 Å². The van der Waals surface area contributed by atoms with Gasteiger partial charge >= 0.3 is 16.4 Å². The lowest BCUT2D eigenvalue weighted by Gasteiger charge is -2.29. The van der Waals surface area contributed by atoms with Gasteiger partial charge in [-0.25, -0.2) is 4.72 Å². The first-order valence-electron chi connectivity index (χ1n) is 5.47. The van der Waals surface area contributed by atoms with E-state index in [2.05, 4.69) is 4.72 Å². The van der Waals surface area contributed by atoms with Crippen LogP contribution in [-0.2, 0) is 15.0 Å². The molecular weight excluding hydrogens is 273 g/mol. The van der Waals surface area contributed by atoms with Crippen molar-refractivity contribution >= 4 is 16.1 Å². The van der Waals surface area contributed by atoms with Crippen molar-refractivity contribution in [3.8, 4) is 0 Å². The highest BCUT2D eigenvalue weighted by atomic mass is 32.2. The van der Waals surface area contributed by atoms with Crippen LogP contribution in [0, 0.1) is 5.92 Å². The van der Waals surface area contributed by atoms with Crippen LogP contribution in [0.25, 0.3) is 0 Å². The summed E-state index contributed by atoms with van der Waals surface area (Å²) in [7, 11) is -3.96. The summed E-state index contributed by atoms with van der Waals surface area (Å²) in [5, 5.41) is 0. The second kappa shape index (κ2) is 5.43. The van der Waals surface area contributed by atoms with Crippen LogP contribution in [0.3, 0.4) is 0 Å². The fraction of sp³-hybridized carbons (Fsp3) is 0.889. The lowest BCUT2D eigenvalue weighted by molar-refractivity contribution is -0.182. The third-order valence-corrected chi connectivity index (χ3v) is 3.99. The van der Waals surface area contributed by atoms with Crippen molar-refractivity contribution in [2.75, 3.05) is 0 Å². The number of halogens is 3. The second-order valence-electron chi connectivity index (χ2n) is 4.37. The Morgan fingerprint density at radius 3 is 2.06 bits per heavy atom. The third-order valence-electron chi connectivity index (χ3n) is 2.79. The third kappa shape index (κ3) is 4.81. The highest BCUT2D eigenvalue weighted by Gasteiger charge is 2.41. The van der Waals surface area contributed by atoms with Crippen LogP contribution >= 0.6 is 0 Å². The van der Waals surface area contributed by atoms with Crippen LogP contribution in [0.5, 0.6) is 0 Å². The van der Waals surface area contributed by atoms with E-state index < -0.39 is 34.3 Å². The van der Waals surface area contributed by atoms with Gasteiger partial charge in [0, 0.05) is 13.0 Å². The predicted molar refractivity (Wildman–Crippen MR) is 57.7 cm³/mol. The average molecular weight is 288 g/mol. The molecule has 0 atom stereocenters. The second-order valence-corrected chi connectivity index (χ2v) is 5.82. The van der Waals surface area contributed by atoms with Gasteiger partial charge in [-0.15, -0.1) is 0 Å². The molecule has 0 aliphatic heterocycles. The van der Waals surface area contributed by atoms with Crippen LogP contribution in [-0.4, -0.2) is 26.5 Å². The number of hydrogen-bond acceptors (Lipinski definition) is 3. The fourth-order valence-electron chi connectivity index (χ4n) is 1.98. The van der Waals surface area contributed by atoms with Crippen molar-refractivity contribution in [1.82, 2.24) is 9.44 Å². The molecule has 106 valence electrons. The zero-order valence-electron chi connectivity index (χ0n) is 9.75. The Morgan fingerprint density at radius 1 is 1.17 bits per heavy atom. The van der Waals surface area contributed by atoms with Gasteiger partial charge in [0.25, 0.3) is 0 Å². The van der Waals surface area contributed by atoms with E-state index in [4.69, 9.17) is 0 Å². The molecule has 5 nitrogen and oxygen atoms in total.